The van der Waals surface area contributed by atoms with Crippen LogP contribution in [0.5, 0.6) is 6.01 Å². The van der Waals surface area contributed by atoms with E-state index in [9.17, 15) is 5.11 Å². The summed E-state index contributed by atoms with van der Waals surface area (Å²) in [7, 11) is 0. The molecule has 0 amide bonds. The van der Waals surface area contributed by atoms with Gasteiger partial charge in [-0.05, 0) is 30.9 Å². The van der Waals surface area contributed by atoms with E-state index in [1.807, 2.05) is 30.3 Å². The van der Waals surface area contributed by atoms with Crippen LogP contribution in [0.2, 0.25) is 0 Å². The fraction of sp³-hybridized carbons (Fsp3) is 0.294. The van der Waals surface area contributed by atoms with Crippen molar-refractivity contribution < 1.29 is 9.84 Å². The summed E-state index contributed by atoms with van der Waals surface area (Å²) >= 11 is 0. The summed E-state index contributed by atoms with van der Waals surface area (Å²) in [6.45, 7) is 0.562. The zero-order valence-electron chi connectivity index (χ0n) is 11.6. The minimum Gasteiger partial charge on any atom is -0.463 e. The molecule has 0 atom stereocenters. The van der Waals surface area contributed by atoms with Crippen LogP contribution < -0.4 is 4.74 Å². The van der Waals surface area contributed by atoms with E-state index < -0.39 is 0 Å². The Morgan fingerprint density at radius 1 is 1.05 bits per heavy atom. The molecule has 0 bridgehead atoms. The van der Waals surface area contributed by atoms with Crippen molar-refractivity contribution in [1.29, 1.82) is 0 Å². The average Bonchev–Trinajstić information content (AvgIpc) is 2.50. The van der Waals surface area contributed by atoms with Gasteiger partial charge in [-0.1, -0.05) is 30.0 Å². The van der Waals surface area contributed by atoms with Gasteiger partial charge in [-0.25, -0.2) is 9.97 Å². The lowest BCUT2D eigenvalue weighted by Crippen LogP contribution is -2.32. The molecule has 1 aliphatic carbocycles. The van der Waals surface area contributed by atoms with Crippen LogP contribution in [0.1, 0.15) is 24.0 Å². The van der Waals surface area contributed by atoms with E-state index in [4.69, 9.17) is 4.74 Å². The quantitative estimate of drug-likeness (QED) is 0.874. The van der Waals surface area contributed by atoms with Gasteiger partial charge >= 0.3 is 6.01 Å². The summed E-state index contributed by atoms with van der Waals surface area (Å²) in [4.78, 5) is 8.28. The van der Waals surface area contributed by atoms with Gasteiger partial charge in [0.1, 0.15) is 0 Å². The smallest absolute Gasteiger partial charge is 0.316 e. The SMILES string of the molecule is OC1CC(COc2ncc(C#Cc3ccccc3)cn2)C1. The van der Waals surface area contributed by atoms with Crippen molar-refractivity contribution in [3.05, 3.63) is 53.9 Å². The van der Waals surface area contributed by atoms with Crippen molar-refractivity contribution >= 4 is 0 Å². The van der Waals surface area contributed by atoms with Gasteiger partial charge in [-0.3, -0.25) is 0 Å². The van der Waals surface area contributed by atoms with Gasteiger partial charge in [0, 0.05) is 18.0 Å². The maximum Gasteiger partial charge on any atom is 0.316 e. The van der Waals surface area contributed by atoms with E-state index in [-0.39, 0.29) is 6.10 Å². The van der Waals surface area contributed by atoms with Crippen molar-refractivity contribution in [3.63, 3.8) is 0 Å². The second-order valence-corrected chi connectivity index (χ2v) is 5.17. The normalized spacial score (nSPS) is 20.0. The highest BCUT2D eigenvalue weighted by Crippen LogP contribution is 2.27. The van der Waals surface area contributed by atoms with Crippen LogP contribution in [-0.4, -0.2) is 27.8 Å². The summed E-state index contributed by atoms with van der Waals surface area (Å²) in [5, 5.41) is 9.20. The predicted octanol–water partition coefficient (Wildman–Crippen LogP) is 2.03. The van der Waals surface area contributed by atoms with Crippen molar-refractivity contribution in [1.82, 2.24) is 9.97 Å². The van der Waals surface area contributed by atoms with Crippen LogP contribution in [-0.2, 0) is 0 Å². The Hall–Kier alpha value is -2.38. The van der Waals surface area contributed by atoms with Gasteiger partial charge in [0.15, 0.2) is 0 Å². The lowest BCUT2D eigenvalue weighted by Gasteiger charge is -2.30. The zero-order chi connectivity index (χ0) is 14.5. The lowest BCUT2D eigenvalue weighted by atomic mass is 9.83. The average molecular weight is 280 g/mol. The summed E-state index contributed by atoms with van der Waals surface area (Å²) in [6.07, 6.45) is 4.78. The number of nitrogens with zero attached hydrogens (tertiary/aromatic N) is 2. The van der Waals surface area contributed by atoms with Gasteiger partial charge in [0.2, 0.25) is 0 Å². The summed E-state index contributed by atoms with van der Waals surface area (Å²) < 4.78 is 5.49. The first kappa shape index (κ1) is 13.6. The predicted molar refractivity (Wildman–Crippen MR) is 78.7 cm³/mol. The molecule has 4 heteroatoms. The van der Waals surface area contributed by atoms with E-state index in [2.05, 4.69) is 21.8 Å². The zero-order valence-corrected chi connectivity index (χ0v) is 11.6. The fourth-order valence-electron chi connectivity index (χ4n) is 2.15. The van der Waals surface area contributed by atoms with E-state index in [0.29, 0.717) is 18.5 Å². The highest BCUT2D eigenvalue weighted by Gasteiger charge is 2.27. The third-order valence-corrected chi connectivity index (χ3v) is 3.41. The second-order valence-electron chi connectivity index (χ2n) is 5.17. The van der Waals surface area contributed by atoms with E-state index in [1.165, 1.54) is 0 Å². The molecule has 3 rings (SSSR count). The van der Waals surface area contributed by atoms with Gasteiger partial charge in [-0.2, -0.15) is 0 Å². The standard InChI is InChI=1S/C17H16N2O2/c20-16-8-15(9-16)12-21-17-18-10-14(11-19-17)7-6-13-4-2-1-3-5-13/h1-5,10-11,15-16,20H,8-9,12H2. The highest BCUT2D eigenvalue weighted by molar-refractivity contribution is 5.40. The van der Waals surface area contributed by atoms with Crippen LogP contribution in [0.25, 0.3) is 0 Å². The molecule has 1 saturated carbocycles. The third kappa shape index (κ3) is 3.80. The number of ether oxygens (including phenoxy) is 1. The molecule has 0 spiro atoms. The molecular weight excluding hydrogens is 264 g/mol. The molecule has 0 unspecified atom stereocenters. The number of hydrogen-bond acceptors (Lipinski definition) is 4. The maximum absolute atomic E-state index is 9.20. The molecule has 21 heavy (non-hydrogen) atoms. The Morgan fingerprint density at radius 3 is 2.38 bits per heavy atom. The third-order valence-electron chi connectivity index (χ3n) is 3.41. The molecule has 1 aromatic heterocycles. The molecule has 1 aromatic carbocycles. The Labute approximate surface area is 123 Å². The number of aliphatic hydroxyl groups is 1. The van der Waals surface area contributed by atoms with Crippen LogP contribution in [0, 0.1) is 17.8 Å². The van der Waals surface area contributed by atoms with Crippen LogP contribution in [0.4, 0.5) is 0 Å². The van der Waals surface area contributed by atoms with Crippen LogP contribution in [0.3, 0.4) is 0 Å². The minimum atomic E-state index is -0.157. The first-order chi connectivity index (χ1) is 10.3. The molecule has 1 aliphatic rings. The number of rotatable bonds is 3. The van der Waals surface area contributed by atoms with Crippen molar-refractivity contribution in [2.24, 2.45) is 5.92 Å². The molecule has 106 valence electrons. The van der Waals surface area contributed by atoms with E-state index in [1.54, 1.807) is 12.4 Å². The Morgan fingerprint density at radius 2 is 1.71 bits per heavy atom. The van der Waals surface area contributed by atoms with Crippen LogP contribution >= 0.6 is 0 Å². The fourth-order valence-corrected chi connectivity index (χ4v) is 2.15. The Kier molecular flexibility index (Phi) is 4.13. The second kappa shape index (κ2) is 6.38. The molecular formula is C17H16N2O2. The summed E-state index contributed by atoms with van der Waals surface area (Å²) in [5.74, 6) is 6.49. The Bertz CT molecular complexity index is 638. The van der Waals surface area contributed by atoms with E-state index in [0.717, 1.165) is 24.0 Å². The molecule has 0 aliphatic heterocycles. The molecule has 2 aromatic rings. The monoisotopic (exact) mass is 280 g/mol. The van der Waals surface area contributed by atoms with E-state index >= 15 is 0 Å². The first-order valence-corrected chi connectivity index (χ1v) is 6.99. The molecule has 0 saturated heterocycles. The van der Waals surface area contributed by atoms with Gasteiger partial charge < -0.3 is 9.84 Å². The summed E-state index contributed by atoms with van der Waals surface area (Å²) in [6, 6.07) is 10.1. The lowest BCUT2D eigenvalue weighted by molar-refractivity contribution is 0.0185. The topological polar surface area (TPSA) is 55.2 Å². The summed E-state index contributed by atoms with van der Waals surface area (Å²) in [5.41, 5.74) is 1.71. The van der Waals surface area contributed by atoms with Crippen molar-refractivity contribution in [3.8, 4) is 17.9 Å². The minimum absolute atomic E-state index is 0.157. The van der Waals surface area contributed by atoms with Gasteiger partial charge in [0.05, 0.1) is 18.3 Å². The maximum atomic E-state index is 9.20. The molecule has 0 radical (unpaired) electrons. The molecule has 1 fully saturated rings. The molecule has 1 N–H and O–H groups in total. The highest BCUT2D eigenvalue weighted by atomic mass is 16.5. The van der Waals surface area contributed by atoms with Crippen molar-refractivity contribution in [2.75, 3.05) is 6.61 Å². The number of aromatic nitrogens is 2. The Balaban J connectivity index is 1.55. The number of hydrogen-bond donors (Lipinski definition) is 1. The first-order valence-electron chi connectivity index (χ1n) is 6.99. The largest absolute Gasteiger partial charge is 0.463 e. The number of benzene rings is 1. The molecule has 4 nitrogen and oxygen atoms in total. The van der Waals surface area contributed by atoms with Crippen molar-refractivity contribution in [2.45, 2.75) is 18.9 Å². The van der Waals surface area contributed by atoms with Gasteiger partial charge in [0.25, 0.3) is 0 Å². The van der Waals surface area contributed by atoms with Gasteiger partial charge in [-0.15, -0.1) is 0 Å². The van der Waals surface area contributed by atoms with Crippen LogP contribution in [0.15, 0.2) is 42.7 Å². The number of aliphatic hydroxyl groups excluding tert-OH is 1. The molecule has 1 heterocycles.